The van der Waals surface area contributed by atoms with Crippen molar-refractivity contribution in [2.45, 2.75) is 26.8 Å². The van der Waals surface area contributed by atoms with Gasteiger partial charge in [0.05, 0.1) is 30.9 Å². The smallest absolute Gasteiger partial charge is 0.270 e. The molecule has 4 rings (SSSR count). The first kappa shape index (κ1) is 18.3. The first-order valence-corrected chi connectivity index (χ1v) is 9.13. The van der Waals surface area contributed by atoms with E-state index in [-0.39, 0.29) is 0 Å². The van der Waals surface area contributed by atoms with E-state index in [1.807, 2.05) is 56.4 Å². The van der Waals surface area contributed by atoms with Gasteiger partial charge < -0.3 is 0 Å². The number of nitrogens with zero attached hydrogens (tertiary/aromatic N) is 9. The van der Waals surface area contributed by atoms with Crippen LogP contribution in [0.15, 0.2) is 54.0 Å². The predicted octanol–water partition coefficient (Wildman–Crippen LogP) is 2.74. The summed E-state index contributed by atoms with van der Waals surface area (Å²) >= 11 is 0. The zero-order chi connectivity index (χ0) is 20.2. The van der Waals surface area contributed by atoms with Crippen LogP contribution in [0.4, 0.5) is 0 Å². The third-order valence-corrected chi connectivity index (χ3v) is 4.32. The fourth-order valence-electron chi connectivity index (χ4n) is 3.03. The number of benzene rings is 1. The Morgan fingerprint density at radius 1 is 1.17 bits per heavy atom. The molecule has 0 aliphatic heterocycles. The second-order valence-corrected chi connectivity index (χ2v) is 6.53. The highest BCUT2D eigenvalue weighted by Crippen LogP contribution is 2.21. The maximum atomic E-state index is 8.87. The number of hydrogen-bond donors (Lipinski definition) is 0. The molecule has 144 valence electrons. The van der Waals surface area contributed by atoms with Gasteiger partial charge in [0.25, 0.3) is 5.95 Å². The summed E-state index contributed by atoms with van der Waals surface area (Å²) in [6.07, 6.45) is 5.53. The third kappa shape index (κ3) is 3.82. The molecule has 0 N–H and O–H groups in total. The first-order valence-electron chi connectivity index (χ1n) is 9.13. The van der Waals surface area contributed by atoms with Crippen LogP contribution >= 0.6 is 0 Å². The summed E-state index contributed by atoms with van der Waals surface area (Å²) < 4.78 is 5.04. The van der Waals surface area contributed by atoms with Crippen molar-refractivity contribution in [1.82, 2.24) is 34.4 Å². The molecule has 0 aliphatic carbocycles. The lowest BCUT2D eigenvalue weighted by molar-refractivity contribution is 0.629. The van der Waals surface area contributed by atoms with Crippen LogP contribution in [0.1, 0.15) is 23.4 Å². The maximum absolute atomic E-state index is 8.87. The van der Waals surface area contributed by atoms with Gasteiger partial charge in [-0.25, -0.2) is 4.68 Å². The number of rotatable bonds is 6. The van der Waals surface area contributed by atoms with Crippen molar-refractivity contribution >= 4 is 6.21 Å². The summed E-state index contributed by atoms with van der Waals surface area (Å²) in [6.45, 7) is 4.40. The highest BCUT2D eigenvalue weighted by Gasteiger charge is 2.12. The number of aryl methyl sites for hydroxylation is 3. The molecule has 0 saturated carbocycles. The fraction of sp³-hybridized carbons (Fsp3) is 0.200. The molecule has 1 aromatic carbocycles. The van der Waals surface area contributed by atoms with Crippen molar-refractivity contribution in [1.29, 1.82) is 5.26 Å². The zero-order valence-corrected chi connectivity index (χ0v) is 16.1. The SMILES string of the molecule is Cc1cc(C)n(-c2nncn2/N=C\c2cn(CCC#N)nc2-c2ccccc2)n1. The average molecular weight is 385 g/mol. The Kier molecular flexibility index (Phi) is 4.99. The molecule has 0 bridgehead atoms. The second-order valence-electron chi connectivity index (χ2n) is 6.53. The quantitative estimate of drug-likeness (QED) is 0.475. The molecule has 4 aromatic rings. The molecular weight excluding hydrogens is 366 g/mol. The highest BCUT2D eigenvalue weighted by atomic mass is 15.5. The zero-order valence-electron chi connectivity index (χ0n) is 16.1. The lowest BCUT2D eigenvalue weighted by atomic mass is 10.1. The fourth-order valence-corrected chi connectivity index (χ4v) is 3.03. The van der Waals surface area contributed by atoms with Crippen molar-refractivity contribution in [3.63, 3.8) is 0 Å². The molecule has 3 aromatic heterocycles. The highest BCUT2D eigenvalue weighted by molar-refractivity contribution is 5.88. The summed E-state index contributed by atoms with van der Waals surface area (Å²) in [6, 6.07) is 14.0. The molecule has 0 saturated heterocycles. The van der Waals surface area contributed by atoms with Gasteiger partial charge in [-0.2, -0.15) is 25.2 Å². The Labute approximate surface area is 167 Å². The van der Waals surface area contributed by atoms with E-state index in [0.717, 1.165) is 28.2 Å². The summed E-state index contributed by atoms with van der Waals surface area (Å²) in [5.41, 5.74) is 4.45. The topological polar surface area (TPSA) is 102 Å². The van der Waals surface area contributed by atoms with E-state index >= 15 is 0 Å². The minimum atomic E-state index is 0.389. The Bertz CT molecular complexity index is 1190. The van der Waals surface area contributed by atoms with Crippen molar-refractivity contribution < 1.29 is 0 Å². The molecule has 9 heteroatoms. The minimum Gasteiger partial charge on any atom is -0.270 e. The van der Waals surface area contributed by atoms with Crippen molar-refractivity contribution in [2.24, 2.45) is 5.10 Å². The summed E-state index contributed by atoms with van der Waals surface area (Å²) in [4.78, 5) is 0. The van der Waals surface area contributed by atoms with E-state index in [4.69, 9.17) is 5.26 Å². The van der Waals surface area contributed by atoms with Gasteiger partial charge >= 0.3 is 0 Å². The molecule has 0 fully saturated rings. The van der Waals surface area contributed by atoms with Gasteiger partial charge in [-0.3, -0.25) is 4.68 Å². The molecule has 0 amide bonds. The standard InChI is InChI=1S/C20H19N9/c1-15-11-16(2)29(25-15)20-24-22-14-28(20)23-12-18-13-27(10-6-9-21)26-19(18)17-7-4-3-5-8-17/h3-5,7-8,11-14H,6,10H2,1-2H3/b23-12-. The third-order valence-electron chi connectivity index (χ3n) is 4.32. The Morgan fingerprint density at radius 3 is 2.72 bits per heavy atom. The Hall–Kier alpha value is -4.06. The van der Waals surface area contributed by atoms with Crippen LogP contribution in [0.5, 0.6) is 0 Å². The Balaban J connectivity index is 1.71. The lowest BCUT2D eigenvalue weighted by Crippen LogP contribution is -2.06. The van der Waals surface area contributed by atoms with E-state index < -0.39 is 0 Å². The van der Waals surface area contributed by atoms with E-state index in [1.54, 1.807) is 20.3 Å². The molecule has 0 spiro atoms. The van der Waals surface area contributed by atoms with Crippen LogP contribution in [-0.2, 0) is 6.54 Å². The van der Waals surface area contributed by atoms with E-state index in [1.165, 1.54) is 6.33 Å². The van der Waals surface area contributed by atoms with Crippen LogP contribution in [0.3, 0.4) is 0 Å². The van der Waals surface area contributed by atoms with Crippen molar-refractivity contribution in [3.05, 3.63) is 65.9 Å². The van der Waals surface area contributed by atoms with Crippen LogP contribution < -0.4 is 0 Å². The van der Waals surface area contributed by atoms with Crippen molar-refractivity contribution in [2.75, 3.05) is 0 Å². The summed E-state index contributed by atoms with van der Waals surface area (Å²) in [5.74, 6) is 0.505. The first-order chi connectivity index (χ1) is 14.2. The van der Waals surface area contributed by atoms with Gasteiger partial charge in [-0.05, 0) is 19.9 Å². The summed E-state index contributed by atoms with van der Waals surface area (Å²) in [7, 11) is 0. The normalized spacial score (nSPS) is 11.2. The van der Waals surface area contributed by atoms with Crippen LogP contribution in [0, 0.1) is 25.2 Å². The minimum absolute atomic E-state index is 0.389. The van der Waals surface area contributed by atoms with E-state index in [0.29, 0.717) is 18.9 Å². The van der Waals surface area contributed by atoms with Gasteiger partial charge in [0, 0.05) is 23.0 Å². The van der Waals surface area contributed by atoms with Gasteiger partial charge in [-0.1, -0.05) is 30.3 Å². The van der Waals surface area contributed by atoms with Crippen molar-refractivity contribution in [3.8, 4) is 23.3 Å². The molecule has 0 unspecified atom stereocenters. The van der Waals surface area contributed by atoms with Gasteiger partial charge in [0.15, 0.2) is 0 Å². The molecule has 29 heavy (non-hydrogen) atoms. The average Bonchev–Trinajstić information content (AvgIpc) is 3.43. The Morgan fingerprint density at radius 2 is 2.00 bits per heavy atom. The van der Waals surface area contributed by atoms with Crippen LogP contribution in [-0.4, -0.2) is 40.6 Å². The molecule has 0 radical (unpaired) electrons. The van der Waals surface area contributed by atoms with Gasteiger partial charge in [0.2, 0.25) is 0 Å². The largest absolute Gasteiger partial charge is 0.273 e. The predicted molar refractivity (Wildman–Crippen MR) is 108 cm³/mol. The van der Waals surface area contributed by atoms with E-state index in [9.17, 15) is 0 Å². The van der Waals surface area contributed by atoms with Crippen LogP contribution in [0.2, 0.25) is 0 Å². The lowest BCUT2D eigenvalue weighted by Gasteiger charge is -2.02. The van der Waals surface area contributed by atoms with Crippen LogP contribution in [0.25, 0.3) is 17.2 Å². The molecular formula is C20H19N9. The van der Waals surface area contributed by atoms with Gasteiger partial charge in [-0.15, -0.1) is 10.2 Å². The molecule has 0 aliphatic rings. The molecule has 9 nitrogen and oxygen atoms in total. The molecule has 3 heterocycles. The van der Waals surface area contributed by atoms with Gasteiger partial charge in [0.1, 0.15) is 12.0 Å². The number of hydrogen-bond acceptors (Lipinski definition) is 6. The monoisotopic (exact) mass is 385 g/mol. The molecule has 0 atom stereocenters. The van der Waals surface area contributed by atoms with E-state index in [2.05, 4.69) is 31.6 Å². The maximum Gasteiger partial charge on any atom is 0.273 e. The number of aromatic nitrogens is 7. The summed E-state index contributed by atoms with van der Waals surface area (Å²) in [5, 5.41) is 30.6. The number of nitriles is 1. The second kappa shape index (κ2) is 7.90.